The Morgan fingerprint density at radius 2 is 1.62 bits per heavy atom. The highest BCUT2D eigenvalue weighted by molar-refractivity contribution is 6.35. The van der Waals surface area contributed by atoms with Crippen LogP contribution < -0.4 is 10.1 Å². The van der Waals surface area contributed by atoms with Gasteiger partial charge in [0.15, 0.2) is 0 Å². The summed E-state index contributed by atoms with van der Waals surface area (Å²) >= 11 is 12.2. The van der Waals surface area contributed by atoms with Gasteiger partial charge in [-0.3, -0.25) is 0 Å². The molecule has 0 aromatic heterocycles. The van der Waals surface area contributed by atoms with Crippen molar-refractivity contribution in [1.82, 2.24) is 5.32 Å². The van der Waals surface area contributed by atoms with Crippen LogP contribution in [0, 0.1) is 0 Å². The molecule has 0 aliphatic carbocycles. The molecule has 0 radical (unpaired) electrons. The van der Waals surface area contributed by atoms with Gasteiger partial charge in [-0.25, -0.2) is 0 Å². The van der Waals surface area contributed by atoms with Gasteiger partial charge < -0.3 is 10.1 Å². The molecule has 0 spiro atoms. The molecule has 0 saturated carbocycles. The minimum Gasteiger partial charge on any atom is -0.497 e. The molecule has 1 N–H and O–H groups in total. The van der Waals surface area contributed by atoms with E-state index >= 15 is 0 Å². The van der Waals surface area contributed by atoms with Gasteiger partial charge in [0.1, 0.15) is 5.75 Å². The lowest BCUT2D eigenvalue weighted by Crippen LogP contribution is -2.22. The minimum absolute atomic E-state index is 0.131. The van der Waals surface area contributed by atoms with Crippen molar-refractivity contribution in [2.45, 2.75) is 25.9 Å². The molecule has 4 heteroatoms. The fraction of sp³-hybridized carbons (Fsp3) is 0.294. The first-order chi connectivity index (χ1) is 10.0. The van der Waals surface area contributed by atoms with E-state index < -0.39 is 0 Å². The lowest BCUT2D eigenvalue weighted by molar-refractivity contribution is 0.414. The molecule has 2 atom stereocenters. The molecule has 0 aliphatic rings. The maximum Gasteiger partial charge on any atom is 0.118 e. The molecule has 2 aromatic carbocycles. The van der Waals surface area contributed by atoms with E-state index in [1.165, 1.54) is 5.56 Å². The monoisotopic (exact) mass is 323 g/mol. The molecule has 21 heavy (non-hydrogen) atoms. The van der Waals surface area contributed by atoms with E-state index in [9.17, 15) is 0 Å². The quantitative estimate of drug-likeness (QED) is 0.793. The normalized spacial score (nSPS) is 13.8. The highest BCUT2D eigenvalue weighted by Crippen LogP contribution is 2.28. The molecule has 0 aliphatic heterocycles. The maximum atomic E-state index is 6.25. The van der Waals surface area contributed by atoms with Gasteiger partial charge in [-0.05, 0) is 49.2 Å². The van der Waals surface area contributed by atoms with E-state index in [0.29, 0.717) is 10.0 Å². The topological polar surface area (TPSA) is 21.3 Å². The number of benzene rings is 2. The van der Waals surface area contributed by atoms with E-state index in [4.69, 9.17) is 27.9 Å². The number of ether oxygens (including phenoxy) is 1. The summed E-state index contributed by atoms with van der Waals surface area (Å²) < 4.78 is 5.18. The molecule has 2 rings (SSSR count). The molecule has 2 aromatic rings. The van der Waals surface area contributed by atoms with Crippen molar-refractivity contribution >= 4 is 23.2 Å². The Kier molecular flexibility index (Phi) is 5.51. The summed E-state index contributed by atoms with van der Waals surface area (Å²) in [5.41, 5.74) is 2.24. The van der Waals surface area contributed by atoms with E-state index in [2.05, 4.69) is 31.3 Å². The van der Waals surface area contributed by atoms with Crippen molar-refractivity contribution in [3.63, 3.8) is 0 Å². The number of hydrogen-bond acceptors (Lipinski definition) is 2. The van der Waals surface area contributed by atoms with Crippen LogP contribution in [-0.4, -0.2) is 7.11 Å². The second-order valence-corrected chi connectivity index (χ2v) is 5.89. The fourth-order valence-electron chi connectivity index (χ4n) is 2.31. The van der Waals surface area contributed by atoms with Crippen LogP contribution in [0.4, 0.5) is 0 Å². The summed E-state index contributed by atoms with van der Waals surface area (Å²) in [5.74, 6) is 0.861. The van der Waals surface area contributed by atoms with Gasteiger partial charge in [-0.1, -0.05) is 41.4 Å². The highest BCUT2D eigenvalue weighted by Gasteiger charge is 2.14. The second-order valence-electron chi connectivity index (χ2n) is 5.05. The van der Waals surface area contributed by atoms with Gasteiger partial charge in [0.25, 0.3) is 0 Å². The largest absolute Gasteiger partial charge is 0.497 e. The Hall–Kier alpha value is -1.22. The summed E-state index contributed by atoms with van der Waals surface area (Å²) in [7, 11) is 1.67. The number of hydrogen-bond donors (Lipinski definition) is 1. The molecule has 0 bridgehead atoms. The first-order valence-corrected chi connectivity index (χ1v) is 7.62. The summed E-state index contributed by atoms with van der Waals surface area (Å²) in [5, 5.41) is 4.88. The number of rotatable bonds is 5. The van der Waals surface area contributed by atoms with Crippen LogP contribution in [0.2, 0.25) is 10.0 Å². The lowest BCUT2D eigenvalue weighted by atomic mass is 10.0. The van der Waals surface area contributed by atoms with Crippen molar-refractivity contribution in [2.24, 2.45) is 0 Å². The number of nitrogens with one attached hydrogen (secondary N) is 1. The van der Waals surface area contributed by atoms with Gasteiger partial charge >= 0.3 is 0 Å². The van der Waals surface area contributed by atoms with Crippen LogP contribution in [0.25, 0.3) is 0 Å². The van der Waals surface area contributed by atoms with E-state index in [1.54, 1.807) is 13.2 Å². The van der Waals surface area contributed by atoms with Crippen molar-refractivity contribution in [3.05, 3.63) is 63.6 Å². The zero-order valence-electron chi connectivity index (χ0n) is 12.4. The molecule has 2 unspecified atom stereocenters. The third-order valence-corrected chi connectivity index (χ3v) is 4.11. The molecule has 2 nitrogen and oxygen atoms in total. The number of methoxy groups -OCH3 is 1. The summed E-state index contributed by atoms with van der Waals surface area (Å²) in [6, 6.07) is 14.0. The zero-order chi connectivity index (χ0) is 15.4. The van der Waals surface area contributed by atoms with Gasteiger partial charge in [-0.2, -0.15) is 0 Å². The van der Waals surface area contributed by atoms with Crippen LogP contribution in [0.15, 0.2) is 42.5 Å². The van der Waals surface area contributed by atoms with Crippen LogP contribution >= 0.6 is 23.2 Å². The molecule has 112 valence electrons. The Labute approximate surface area is 136 Å². The molecular weight excluding hydrogens is 305 g/mol. The summed E-state index contributed by atoms with van der Waals surface area (Å²) in [4.78, 5) is 0. The van der Waals surface area contributed by atoms with Crippen molar-refractivity contribution < 1.29 is 4.74 Å². The molecule has 0 saturated heterocycles. The Morgan fingerprint density at radius 1 is 0.952 bits per heavy atom. The Bertz CT molecular complexity index is 598. The van der Waals surface area contributed by atoms with Gasteiger partial charge in [0.2, 0.25) is 0 Å². The van der Waals surface area contributed by atoms with Crippen molar-refractivity contribution in [3.8, 4) is 5.75 Å². The van der Waals surface area contributed by atoms with Crippen LogP contribution in [0.3, 0.4) is 0 Å². The summed E-state index contributed by atoms with van der Waals surface area (Å²) in [6.45, 7) is 4.22. The second kappa shape index (κ2) is 7.17. The Morgan fingerprint density at radius 3 is 2.19 bits per heavy atom. The lowest BCUT2D eigenvalue weighted by Gasteiger charge is -2.22. The SMILES string of the molecule is COc1ccc(C(C)NC(C)c2ccc(Cl)cc2Cl)cc1. The van der Waals surface area contributed by atoms with Gasteiger partial charge in [-0.15, -0.1) is 0 Å². The predicted octanol–water partition coefficient (Wildman–Crippen LogP) is 5.41. The van der Waals surface area contributed by atoms with E-state index in [1.807, 2.05) is 24.3 Å². The van der Waals surface area contributed by atoms with Crippen LogP contribution in [0.5, 0.6) is 5.75 Å². The first kappa shape index (κ1) is 16.2. The fourth-order valence-corrected chi connectivity index (χ4v) is 2.88. The van der Waals surface area contributed by atoms with Crippen molar-refractivity contribution in [1.29, 1.82) is 0 Å². The third-order valence-electron chi connectivity index (χ3n) is 3.54. The smallest absolute Gasteiger partial charge is 0.118 e. The number of halogens is 2. The highest BCUT2D eigenvalue weighted by atomic mass is 35.5. The predicted molar refractivity (Wildman–Crippen MR) is 89.4 cm³/mol. The maximum absolute atomic E-state index is 6.25. The molecular formula is C17H19Cl2NO. The van der Waals surface area contributed by atoms with Gasteiger partial charge in [0.05, 0.1) is 7.11 Å². The molecule has 0 heterocycles. The first-order valence-electron chi connectivity index (χ1n) is 6.86. The summed E-state index contributed by atoms with van der Waals surface area (Å²) in [6.07, 6.45) is 0. The van der Waals surface area contributed by atoms with Crippen LogP contribution in [0.1, 0.15) is 37.1 Å². The standard InChI is InChI=1S/C17H19Cl2NO/c1-11(13-4-7-15(21-3)8-5-13)20-12(2)16-9-6-14(18)10-17(16)19/h4-12,20H,1-3H3. The molecule has 0 amide bonds. The average molecular weight is 324 g/mol. The van der Waals surface area contributed by atoms with Crippen LogP contribution in [-0.2, 0) is 0 Å². The molecule has 0 fully saturated rings. The van der Waals surface area contributed by atoms with Gasteiger partial charge in [0, 0.05) is 22.1 Å². The average Bonchev–Trinajstić information content (AvgIpc) is 2.47. The minimum atomic E-state index is 0.131. The van der Waals surface area contributed by atoms with E-state index in [-0.39, 0.29) is 12.1 Å². The van der Waals surface area contributed by atoms with E-state index in [0.717, 1.165) is 11.3 Å². The van der Waals surface area contributed by atoms with Crippen molar-refractivity contribution in [2.75, 3.05) is 7.11 Å². The zero-order valence-corrected chi connectivity index (χ0v) is 13.9. The third kappa shape index (κ3) is 4.13. The Balaban J connectivity index is 2.08.